The highest BCUT2D eigenvalue weighted by Gasteiger charge is 2.18. The fourth-order valence-electron chi connectivity index (χ4n) is 2.19. The lowest BCUT2D eigenvalue weighted by Crippen LogP contribution is -2.34. The number of hydrogen-bond donors (Lipinski definition) is 2. The molecule has 1 amide bonds. The van der Waals surface area contributed by atoms with Gasteiger partial charge in [-0.25, -0.2) is 0 Å². The van der Waals surface area contributed by atoms with Crippen LogP contribution in [-0.2, 0) is 11.2 Å². The number of hydrogen-bond acceptors (Lipinski definition) is 2. The molecule has 1 rings (SSSR count). The van der Waals surface area contributed by atoms with Crippen LogP contribution < -0.4 is 11.1 Å². The Kier molecular flexibility index (Phi) is 7.31. The second-order valence-electron chi connectivity index (χ2n) is 6.17. The summed E-state index contributed by atoms with van der Waals surface area (Å²) in [6, 6.07) is 10.5. The van der Waals surface area contributed by atoms with Gasteiger partial charge >= 0.3 is 0 Å². The first-order valence-electron chi connectivity index (χ1n) is 7.54. The molecule has 3 heteroatoms. The maximum atomic E-state index is 11.6. The van der Waals surface area contributed by atoms with Crippen molar-refractivity contribution in [3.05, 3.63) is 35.9 Å². The van der Waals surface area contributed by atoms with E-state index in [4.69, 9.17) is 5.73 Å². The summed E-state index contributed by atoms with van der Waals surface area (Å²) in [5.41, 5.74) is 6.93. The van der Waals surface area contributed by atoms with Crippen molar-refractivity contribution < 1.29 is 4.79 Å². The first-order chi connectivity index (χ1) is 9.53. The number of carbonyl (C=O) groups is 1. The summed E-state index contributed by atoms with van der Waals surface area (Å²) < 4.78 is 0. The molecule has 3 nitrogen and oxygen atoms in total. The van der Waals surface area contributed by atoms with Gasteiger partial charge in [0.05, 0.1) is 0 Å². The topological polar surface area (TPSA) is 55.1 Å². The molecular formula is C17H28N2O. The summed E-state index contributed by atoms with van der Waals surface area (Å²) in [5.74, 6) is 0.117. The molecule has 20 heavy (non-hydrogen) atoms. The smallest absolute Gasteiger partial charge is 0.220 e. The van der Waals surface area contributed by atoms with E-state index in [2.05, 4.69) is 43.4 Å². The molecule has 0 unspecified atom stereocenters. The van der Waals surface area contributed by atoms with E-state index in [1.165, 1.54) is 5.56 Å². The van der Waals surface area contributed by atoms with Gasteiger partial charge in [-0.1, -0.05) is 44.2 Å². The van der Waals surface area contributed by atoms with Crippen LogP contribution in [0.5, 0.6) is 0 Å². The van der Waals surface area contributed by atoms with Gasteiger partial charge in [0.2, 0.25) is 5.91 Å². The summed E-state index contributed by atoms with van der Waals surface area (Å²) in [5, 5.41) is 3.01. The van der Waals surface area contributed by atoms with Crippen LogP contribution in [0.3, 0.4) is 0 Å². The third-order valence-corrected chi connectivity index (χ3v) is 3.53. The maximum Gasteiger partial charge on any atom is 0.220 e. The molecule has 0 fully saturated rings. The predicted octanol–water partition coefficient (Wildman–Crippen LogP) is 2.89. The predicted molar refractivity (Wildman–Crippen MR) is 84.5 cm³/mol. The Balaban J connectivity index is 2.22. The first kappa shape index (κ1) is 16.7. The standard InChI is InChI=1S/C17H28N2O/c1-17(2,14-19-16(20)11-7-13-18)12-6-10-15-8-4-3-5-9-15/h3-5,8-9H,6-7,10-14,18H2,1-2H3,(H,19,20). The third-order valence-electron chi connectivity index (χ3n) is 3.53. The number of nitrogens with two attached hydrogens (primary N) is 1. The second-order valence-corrected chi connectivity index (χ2v) is 6.17. The Morgan fingerprint density at radius 3 is 2.55 bits per heavy atom. The van der Waals surface area contributed by atoms with Crippen LogP contribution >= 0.6 is 0 Å². The molecule has 0 aromatic heterocycles. The van der Waals surface area contributed by atoms with E-state index in [1.54, 1.807) is 0 Å². The quantitative estimate of drug-likeness (QED) is 0.728. The molecule has 0 spiro atoms. The molecular weight excluding hydrogens is 248 g/mol. The van der Waals surface area contributed by atoms with Crippen molar-refractivity contribution in [3.8, 4) is 0 Å². The summed E-state index contributed by atoms with van der Waals surface area (Å²) in [6.45, 7) is 5.74. The number of carbonyl (C=O) groups excluding carboxylic acids is 1. The highest BCUT2D eigenvalue weighted by molar-refractivity contribution is 5.75. The minimum Gasteiger partial charge on any atom is -0.356 e. The minimum absolute atomic E-state index is 0.117. The summed E-state index contributed by atoms with van der Waals surface area (Å²) in [6.07, 6.45) is 4.66. The van der Waals surface area contributed by atoms with E-state index in [0.717, 1.165) is 32.2 Å². The second kappa shape index (κ2) is 8.75. The molecule has 0 bridgehead atoms. The number of aryl methyl sites for hydroxylation is 1. The molecule has 1 aromatic rings. The van der Waals surface area contributed by atoms with E-state index < -0.39 is 0 Å². The summed E-state index contributed by atoms with van der Waals surface area (Å²) in [7, 11) is 0. The average molecular weight is 276 g/mol. The van der Waals surface area contributed by atoms with Gasteiger partial charge < -0.3 is 11.1 Å². The fourth-order valence-corrected chi connectivity index (χ4v) is 2.19. The first-order valence-corrected chi connectivity index (χ1v) is 7.54. The van der Waals surface area contributed by atoms with Crippen molar-refractivity contribution in [2.45, 2.75) is 46.0 Å². The van der Waals surface area contributed by atoms with Crippen LogP contribution in [0.4, 0.5) is 0 Å². The van der Waals surface area contributed by atoms with Gasteiger partial charge in [0.15, 0.2) is 0 Å². The third kappa shape index (κ3) is 7.29. The molecule has 1 aromatic carbocycles. The zero-order chi connectivity index (χ0) is 14.8. The average Bonchev–Trinajstić information content (AvgIpc) is 2.44. The van der Waals surface area contributed by atoms with Crippen LogP contribution in [0.2, 0.25) is 0 Å². The molecule has 0 radical (unpaired) electrons. The van der Waals surface area contributed by atoms with Crippen LogP contribution in [0, 0.1) is 5.41 Å². The van der Waals surface area contributed by atoms with E-state index in [9.17, 15) is 4.79 Å². The van der Waals surface area contributed by atoms with Crippen LogP contribution in [0.1, 0.15) is 45.1 Å². The highest BCUT2D eigenvalue weighted by atomic mass is 16.1. The van der Waals surface area contributed by atoms with Gasteiger partial charge in [0, 0.05) is 13.0 Å². The van der Waals surface area contributed by atoms with E-state index >= 15 is 0 Å². The van der Waals surface area contributed by atoms with Crippen molar-refractivity contribution in [3.63, 3.8) is 0 Å². The SMILES string of the molecule is CC(C)(CCCc1ccccc1)CNC(=O)CCCN. The zero-order valence-corrected chi connectivity index (χ0v) is 12.8. The van der Waals surface area contributed by atoms with Gasteiger partial charge in [-0.05, 0) is 43.2 Å². The normalized spacial score (nSPS) is 11.3. The molecule has 3 N–H and O–H groups in total. The minimum atomic E-state index is 0.117. The Bertz CT molecular complexity index is 387. The number of nitrogens with one attached hydrogen (secondary N) is 1. The molecule has 112 valence electrons. The lowest BCUT2D eigenvalue weighted by molar-refractivity contribution is -0.121. The van der Waals surface area contributed by atoms with E-state index in [1.807, 2.05) is 6.07 Å². The number of amides is 1. The zero-order valence-electron chi connectivity index (χ0n) is 12.8. The van der Waals surface area contributed by atoms with Crippen molar-refractivity contribution >= 4 is 5.91 Å². The maximum absolute atomic E-state index is 11.6. The summed E-state index contributed by atoms with van der Waals surface area (Å²) in [4.78, 5) is 11.6. The van der Waals surface area contributed by atoms with Crippen molar-refractivity contribution in [1.82, 2.24) is 5.32 Å². The molecule has 0 atom stereocenters. The lowest BCUT2D eigenvalue weighted by Gasteiger charge is -2.25. The van der Waals surface area contributed by atoms with Crippen molar-refractivity contribution in [2.24, 2.45) is 11.1 Å². The molecule has 0 saturated carbocycles. The van der Waals surface area contributed by atoms with Gasteiger partial charge in [-0.2, -0.15) is 0 Å². The van der Waals surface area contributed by atoms with Crippen molar-refractivity contribution in [1.29, 1.82) is 0 Å². The van der Waals surface area contributed by atoms with Crippen molar-refractivity contribution in [2.75, 3.05) is 13.1 Å². The highest BCUT2D eigenvalue weighted by Crippen LogP contribution is 2.22. The molecule has 0 aliphatic heterocycles. The Morgan fingerprint density at radius 2 is 1.90 bits per heavy atom. The van der Waals surface area contributed by atoms with Crippen LogP contribution in [0.15, 0.2) is 30.3 Å². The Morgan fingerprint density at radius 1 is 1.20 bits per heavy atom. The van der Waals surface area contributed by atoms with E-state index in [-0.39, 0.29) is 11.3 Å². The van der Waals surface area contributed by atoms with Gasteiger partial charge in [0.1, 0.15) is 0 Å². The summed E-state index contributed by atoms with van der Waals surface area (Å²) >= 11 is 0. The van der Waals surface area contributed by atoms with Gasteiger partial charge in [-0.15, -0.1) is 0 Å². The van der Waals surface area contributed by atoms with Gasteiger partial charge in [-0.3, -0.25) is 4.79 Å². The van der Waals surface area contributed by atoms with Crippen LogP contribution in [0.25, 0.3) is 0 Å². The Labute approximate surface area is 122 Å². The number of rotatable bonds is 9. The monoisotopic (exact) mass is 276 g/mol. The Hall–Kier alpha value is -1.35. The molecule has 0 heterocycles. The molecule has 0 aliphatic rings. The van der Waals surface area contributed by atoms with Crippen LogP contribution in [-0.4, -0.2) is 19.0 Å². The van der Waals surface area contributed by atoms with Gasteiger partial charge in [0.25, 0.3) is 0 Å². The van der Waals surface area contributed by atoms with E-state index in [0.29, 0.717) is 13.0 Å². The largest absolute Gasteiger partial charge is 0.356 e. The molecule has 0 saturated heterocycles. The fraction of sp³-hybridized carbons (Fsp3) is 0.588. The lowest BCUT2D eigenvalue weighted by atomic mass is 9.86. The molecule has 0 aliphatic carbocycles. The number of benzene rings is 1.